The van der Waals surface area contributed by atoms with Crippen molar-refractivity contribution in [2.75, 3.05) is 7.11 Å². The van der Waals surface area contributed by atoms with Gasteiger partial charge in [-0.2, -0.15) is 0 Å². The second-order valence-corrected chi connectivity index (χ2v) is 6.11. The zero-order valence-corrected chi connectivity index (χ0v) is 14.8. The van der Waals surface area contributed by atoms with Crippen LogP contribution < -0.4 is 14.9 Å². The minimum Gasteiger partial charge on any atom is -0.493 e. The van der Waals surface area contributed by atoms with Gasteiger partial charge in [0.2, 0.25) is 0 Å². The molecule has 4 nitrogen and oxygen atoms in total. The highest BCUT2D eigenvalue weighted by Crippen LogP contribution is 2.33. The molecule has 0 saturated carbocycles. The largest absolute Gasteiger partial charge is 0.493 e. The van der Waals surface area contributed by atoms with Gasteiger partial charge in [0, 0.05) is 11.6 Å². The van der Waals surface area contributed by atoms with Gasteiger partial charge in [-0.3, -0.25) is 4.79 Å². The lowest BCUT2D eigenvalue weighted by atomic mass is 10.1. The van der Waals surface area contributed by atoms with Gasteiger partial charge in [-0.05, 0) is 35.9 Å². The van der Waals surface area contributed by atoms with Crippen molar-refractivity contribution in [3.8, 4) is 22.8 Å². The molecule has 4 heteroatoms. The smallest absolute Gasteiger partial charge is 0.193 e. The molecule has 0 fully saturated rings. The van der Waals surface area contributed by atoms with E-state index in [-0.39, 0.29) is 5.43 Å². The predicted octanol–water partition coefficient (Wildman–Crippen LogP) is 5.05. The Morgan fingerprint density at radius 1 is 0.852 bits per heavy atom. The molecule has 0 N–H and O–H groups in total. The highest BCUT2D eigenvalue weighted by molar-refractivity contribution is 5.78. The maximum Gasteiger partial charge on any atom is 0.193 e. The Balaban J connectivity index is 1.66. The molecule has 0 aliphatic heterocycles. The fourth-order valence-corrected chi connectivity index (χ4v) is 2.92. The maximum atomic E-state index is 12.3. The molecule has 3 aromatic carbocycles. The molecule has 4 rings (SSSR count). The predicted molar refractivity (Wildman–Crippen MR) is 105 cm³/mol. The number of rotatable bonds is 5. The lowest BCUT2D eigenvalue weighted by molar-refractivity contribution is 0.284. The van der Waals surface area contributed by atoms with E-state index >= 15 is 0 Å². The van der Waals surface area contributed by atoms with E-state index in [2.05, 4.69) is 0 Å². The summed E-state index contributed by atoms with van der Waals surface area (Å²) in [4.78, 5) is 12.3. The van der Waals surface area contributed by atoms with Gasteiger partial charge in [0.25, 0.3) is 0 Å². The topological polar surface area (TPSA) is 48.7 Å². The van der Waals surface area contributed by atoms with E-state index < -0.39 is 0 Å². The molecule has 4 aromatic rings. The van der Waals surface area contributed by atoms with Crippen molar-refractivity contribution in [3.05, 3.63) is 94.6 Å². The second kappa shape index (κ2) is 7.38. The van der Waals surface area contributed by atoms with Crippen molar-refractivity contribution in [3.63, 3.8) is 0 Å². The molecule has 0 atom stereocenters. The third kappa shape index (κ3) is 3.55. The van der Waals surface area contributed by atoms with E-state index in [1.54, 1.807) is 19.2 Å². The second-order valence-electron chi connectivity index (χ2n) is 6.11. The van der Waals surface area contributed by atoms with Crippen molar-refractivity contribution < 1.29 is 13.9 Å². The molecule has 0 spiro atoms. The van der Waals surface area contributed by atoms with Crippen LogP contribution in [0.25, 0.3) is 22.3 Å². The van der Waals surface area contributed by atoms with Crippen LogP contribution in [0.2, 0.25) is 0 Å². The monoisotopic (exact) mass is 358 g/mol. The summed E-state index contributed by atoms with van der Waals surface area (Å²) in [5, 5.41) is 0.566. The Kier molecular flexibility index (Phi) is 4.62. The lowest BCUT2D eigenvalue weighted by Gasteiger charge is -2.12. The molecule has 134 valence electrons. The van der Waals surface area contributed by atoms with Crippen LogP contribution in [-0.2, 0) is 6.61 Å². The Labute approximate surface area is 156 Å². The fraction of sp³-hybridized carbons (Fsp3) is 0.0870. The van der Waals surface area contributed by atoms with E-state index in [0.29, 0.717) is 34.8 Å². The van der Waals surface area contributed by atoms with Crippen molar-refractivity contribution in [1.82, 2.24) is 0 Å². The van der Waals surface area contributed by atoms with Crippen LogP contribution in [0.5, 0.6) is 11.5 Å². The van der Waals surface area contributed by atoms with E-state index in [4.69, 9.17) is 13.9 Å². The summed E-state index contributed by atoms with van der Waals surface area (Å²) in [5.41, 5.74) is 2.31. The summed E-state index contributed by atoms with van der Waals surface area (Å²) in [7, 11) is 1.59. The van der Waals surface area contributed by atoms with Crippen molar-refractivity contribution >= 4 is 11.0 Å². The Morgan fingerprint density at radius 2 is 1.63 bits per heavy atom. The first-order chi connectivity index (χ1) is 13.2. The van der Waals surface area contributed by atoms with Gasteiger partial charge in [-0.15, -0.1) is 0 Å². The lowest BCUT2D eigenvalue weighted by Crippen LogP contribution is -2.00. The normalized spacial score (nSPS) is 10.7. The summed E-state index contributed by atoms with van der Waals surface area (Å²) in [6.45, 7) is 0.446. The highest BCUT2D eigenvalue weighted by Gasteiger charge is 2.11. The van der Waals surface area contributed by atoms with Crippen LogP contribution in [-0.4, -0.2) is 7.11 Å². The molecular weight excluding hydrogens is 340 g/mol. The molecule has 0 unspecified atom stereocenters. The van der Waals surface area contributed by atoms with Crippen molar-refractivity contribution in [1.29, 1.82) is 0 Å². The number of methoxy groups -OCH3 is 1. The number of ether oxygens (including phenoxy) is 2. The van der Waals surface area contributed by atoms with E-state index in [0.717, 1.165) is 11.1 Å². The van der Waals surface area contributed by atoms with Gasteiger partial charge in [0.1, 0.15) is 18.0 Å². The minimum atomic E-state index is -0.0739. The van der Waals surface area contributed by atoms with E-state index in [1.807, 2.05) is 60.7 Å². The average Bonchev–Trinajstić information content (AvgIpc) is 2.73. The Morgan fingerprint density at radius 3 is 2.44 bits per heavy atom. The van der Waals surface area contributed by atoms with Crippen LogP contribution in [0.3, 0.4) is 0 Å². The molecule has 0 radical (unpaired) electrons. The molecule has 0 aliphatic rings. The first-order valence-electron chi connectivity index (χ1n) is 8.62. The molecule has 0 aliphatic carbocycles. The third-order valence-corrected chi connectivity index (χ3v) is 4.32. The summed E-state index contributed by atoms with van der Waals surface area (Å²) < 4.78 is 17.3. The summed E-state index contributed by atoms with van der Waals surface area (Å²) in [6.07, 6.45) is 0. The molecule has 27 heavy (non-hydrogen) atoms. The standard InChI is InChI=1S/C23H18O4/c1-25-23-13-17(11-12-21(23)26-15-16-7-3-2-4-8-16)22-14-19(24)18-9-5-6-10-20(18)27-22/h2-14H,15H2,1H3. The molecule has 1 heterocycles. The summed E-state index contributed by atoms with van der Waals surface area (Å²) in [6, 6.07) is 24.1. The molecule has 1 aromatic heterocycles. The van der Waals surface area contributed by atoms with E-state index in [1.165, 1.54) is 6.07 Å². The summed E-state index contributed by atoms with van der Waals surface area (Å²) in [5.74, 6) is 1.71. The van der Waals surface area contributed by atoms with Crippen LogP contribution in [0, 0.1) is 0 Å². The Hall–Kier alpha value is -3.53. The van der Waals surface area contributed by atoms with Crippen LogP contribution in [0.15, 0.2) is 88.1 Å². The van der Waals surface area contributed by atoms with Gasteiger partial charge in [0.05, 0.1) is 12.5 Å². The van der Waals surface area contributed by atoms with Gasteiger partial charge in [-0.25, -0.2) is 0 Å². The van der Waals surface area contributed by atoms with Gasteiger partial charge in [-0.1, -0.05) is 42.5 Å². The van der Waals surface area contributed by atoms with Crippen LogP contribution in [0.4, 0.5) is 0 Å². The third-order valence-electron chi connectivity index (χ3n) is 4.32. The minimum absolute atomic E-state index is 0.0739. The maximum absolute atomic E-state index is 12.3. The SMILES string of the molecule is COc1cc(-c2cc(=O)c3ccccc3o2)ccc1OCc1ccccc1. The number of fused-ring (bicyclic) bond motifs is 1. The van der Waals surface area contributed by atoms with Crippen LogP contribution in [0.1, 0.15) is 5.56 Å². The quantitative estimate of drug-likeness (QED) is 0.501. The molecule has 0 amide bonds. The van der Waals surface area contributed by atoms with E-state index in [9.17, 15) is 4.79 Å². The number of hydrogen-bond acceptors (Lipinski definition) is 4. The van der Waals surface area contributed by atoms with Gasteiger partial charge < -0.3 is 13.9 Å². The summed E-state index contributed by atoms with van der Waals surface area (Å²) >= 11 is 0. The number of benzene rings is 3. The Bertz CT molecular complexity index is 1130. The zero-order chi connectivity index (χ0) is 18.6. The highest BCUT2D eigenvalue weighted by atomic mass is 16.5. The van der Waals surface area contributed by atoms with Crippen molar-refractivity contribution in [2.45, 2.75) is 6.61 Å². The molecule has 0 bridgehead atoms. The van der Waals surface area contributed by atoms with Gasteiger partial charge in [0.15, 0.2) is 16.9 Å². The van der Waals surface area contributed by atoms with Gasteiger partial charge >= 0.3 is 0 Å². The molecule has 0 saturated heterocycles. The first-order valence-corrected chi connectivity index (χ1v) is 8.62. The number of hydrogen-bond donors (Lipinski definition) is 0. The fourth-order valence-electron chi connectivity index (χ4n) is 2.92. The zero-order valence-electron chi connectivity index (χ0n) is 14.8. The number of para-hydroxylation sites is 1. The van der Waals surface area contributed by atoms with Crippen LogP contribution >= 0.6 is 0 Å². The van der Waals surface area contributed by atoms with Crippen molar-refractivity contribution in [2.24, 2.45) is 0 Å². The average molecular weight is 358 g/mol. The first kappa shape index (κ1) is 16.9. The molecular formula is C23H18O4.